The lowest BCUT2D eigenvalue weighted by molar-refractivity contribution is 0.102. The molecule has 3 aromatic rings. The second kappa shape index (κ2) is 7.05. The molecule has 3 heterocycles. The van der Waals surface area contributed by atoms with Crippen LogP contribution in [0.25, 0.3) is 11.1 Å². The first-order chi connectivity index (χ1) is 13.0. The molecule has 1 unspecified atom stereocenters. The zero-order valence-electron chi connectivity index (χ0n) is 14.7. The van der Waals surface area contributed by atoms with E-state index >= 15 is 0 Å². The van der Waals surface area contributed by atoms with Gasteiger partial charge in [-0.05, 0) is 37.7 Å². The Morgan fingerprint density at radius 1 is 1.41 bits per heavy atom. The highest BCUT2D eigenvalue weighted by Crippen LogP contribution is 2.30. The van der Waals surface area contributed by atoms with E-state index in [1.165, 1.54) is 6.26 Å². The van der Waals surface area contributed by atoms with Crippen LogP contribution < -0.4 is 11.1 Å². The molecule has 1 aromatic carbocycles. The van der Waals surface area contributed by atoms with Gasteiger partial charge in [-0.3, -0.25) is 9.48 Å². The van der Waals surface area contributed by atoms with Gasteiger partial charge in [-0.2, -0.15) is 10.1 Å². The highest BCUT2D eigenvalue weighted by molar-refractivity contribution is 6.34. The fourth-order valence-electron chi connectivity index (χ4n) is 3.19. The van der Waals surface area contributed by atoms with E-state index in [2.05, 4.69) is 27.3 Å². The molecule has 0 saturated carbocycles. The molecule has 1 aliphatic rings. The maximum Gasteiger partial charge on any atom is 0.292 e. The van der Waals surface area contributed by atoms with Crippen molar-refractivity contribution in [2.45, 2.75) is 12.5 Å². The lowest BCUT2D eigenvalue weighted by atomic mass is 10.1. The summed E-state index contributed by atoms with van der Waals surface area (Å²) >= 11 is 6.24. The van der Waals surface area contributed by atoms with Crippen molar-refractivity contribution in [2.75, 3.05) is 31.2 Å². The average molecular weight is 387 g/mol. The number of carbonyl (C=O) groups excluding carboxylic acids is 1. The predicted molar refractivity (Wildman–Crippen MR) is 103 cm³/mol. The second-order valence-electron chi connectivity index (χ2n) is 6.63. The van der Waals surface area contributed by atoms with Crippen molar-refractivity contribution < 1.29 is 9.21 Å². The van der Waals surface area contributed by atoms with Crippen molar-refractivity contribution in [3.8, 4) is 11.1 Å². The number of anilines is 2. The van der Waals surface area contributed by atoms with E-state index in [0.29, 0.717) is 16.8 Å². The van der Waals surface area contributed by atoms with Crippen molar-refractivity contribution in [1.29, 1.82) is 0 Å². The molecule has 3 N–H and O–H groups in total. The van der Waals surface area contributed by atoms with E-state index in [1.807, 2.05) is 29.2 Å². The van der Waals surface area contributed by atoms with Gasteiger partial charge in [-0.1, -0.05) is 17.7 Å². The summed E-state index contributed by atoms with van der Waals surface area (Å²) in [4.78, 5) is 18.4. The van der Waals surface area contributed by atoms with Gasteiger partial charge in [0.25, 0.3) is 11.9 Å². The molecule has 9 heteroatoms. The molecule has 0 bridgehead atoms. The van der Waals surface area contributed by atoms with Gasteiger partial charge in [-0.25, -0.2) is 0 Å². The number of nitrogens with zero attached hydrogens (tertiary/aromatic N) is 4. The molecule has 0 spiro atoms. The Morgan fingerprint density at radius 3 is 2.96 bits per heavy atom. The Kier molecular flexibility index (Phi) is 4.59. The first-order valence-electron chi connectivity index (χ1n) is 8.54. The number of hydrogen-bond donors (Lipinski definition) is 2. The normalized spacial score (nSPS) is 17.3. The largest absolute Gasteiger partial charge is 0.431 e. The van der Waals surface area contributed by atoms with Crippen LogP contribution in [-0.4, -0.2) is 45.7 Å². The molecule has 4 rings (SSSR count). The summed E-state index contributed by atoms with van der Waals surface area (Å²) in [6, 6.07) is 5.77. The topological polar surface area (TPSA) is 102 Å². The Bertz CT molecular complexity index is 982. The highest BCUT2D eigenvalue weighted by atomic mass is 35.5. The molecule has 0 aliphatic carbocycles. The van der Waals surface area contributed by atoms with Gasteiger partial charge in [0.2, 0.25) is 0 Å². The van der Waals surface area contributed by atoms with Gasteiger partial charge in [0.15, 0.2) is 5.69 Å². The number of aromatic nitrogens is 3. The standard InChI is InChI=1S/C18H19ClN6O2/c1-24-5-4-13(9-24)25-8-12(7-21-25)11-2-3-14(19)15(6-11)22-17(26)16-10-27-18(20)23-16/h2-3,6-8,10,13H,4-5,9H2,1H3,(H2,20,23)(H,22,26). The number of rotatable bonds is 4. The van der Waals surface area contributed by atoms with Crippen LogP contribution in [0.1, 0.15) is 23.0 Å². The van der Waals surface area contributed by atoms with E-state index in [1.54, 1.807) is 6.07 Å². The average Bonchev–Trinajstić information content (AvgIpc) is 3.37. The second-order valence-corrected chi connectivity index (χ2v) is 7.04. The lowest BCUT2D eigenvalue weighted by Crippen LogP contribution is -2.16. The Balaban J connectivity index is 1.55. The van der Waals surface area contributed by atoms with Gasteiger partial charge in [0.05, 0.1) is 22.9 Å². The molecule has 8 nitrogen and oxygen atoms in total. The van der Waals surface area contributed by atoms with Gasteiger partial charge in [-0.15, -0.1) is 0 Å². The summed E-state index contributed by atoms with van der Waals surface area (Å²) < 4.78 is 6.87. The SMILES string of the molecule is CN1CCC(n2cc(-c3ccc(Cl)c(NC(=O)c4coc(N)n4)c3)cn2)C1. The zero-order chi connectivity index (χ0) is 19.0. The van der Waals surface area contributed by atoms with E-state index in [0.717, 1.165) is 30.6 Å². The fraction of sp³-hybridized carbons (Fsp3) is 0.278. The minimum absolute atomic E-state index is 0.0648. The number of likely N-dealkylation sites (tertiary alicyclic amines) is 1. The Morgan fingerprint density at radius 2 is 2.26 bits per heavy atom. The molecule has 2 aromatic heterocycles. The molecule has 0 radical (unpaired) electrons. The number of likely N-dealkylation sites (N-methyl/N-ethyl adjacent to an activating group) is 1. The van der Waals surface area contributed by atoms with Crippen LogP contribution in [-0.2, 0) is 0 Å². The van der Waals surface area contributed by atoms with Crippen LogP contribution >= 0.6 is 11.6 Å². The number of nitrogens with one attached hydrogen (secondary N) is 1. The van der Waals surface area contributed by atoms with Crippen molar-refractivity contribution in [1.82, 2.24) is 19.7 Å². The third kappa shape index (κ3) is 3.67. The highest BCUT2D eigenvalue weighted by Gasteiger charge is 2.22. The van der Waals surface area contributed by atoms with Crippen LogP contribution in [0.5, 0.6) is 0 Å². The molecule has 1 amide bonds. The smallest absolute Gasteiger partial charge is 0.292 e. The summed E-state index contributed by atoms with van der Waals surface area (Å²) in [7, 11) is 2.11. The predicted octanol–water partition coefficient (Wildman–Crippen LogP) is 2.90. The molecule has 1 atom stereocenters. The molecular weight excluding hydrogens is 368 g/mol. The van der Waals surface area contributed by atoms with Crippen molar-refractivity contribution in [3.63, 3.8) is 0 Å². The number of nitrogens with two attached hydrogens (primary N) is 1. The van der Waals surface area contributed by atoms with Gasteiger partial charge < -0.3 is 20.4 Å². The molecule has 140 valence electrons. The van der Waals surface area contributed by atoms with Crippen molar-refractivity contribution in [2.24, 2.45) is 0 Å². The molecular formula is C18H19ClN6O2. The Hall–Kier alpha value is -2.84. The number of halogens is 1. The molecule has 1 aliphatic heterocycles. The molecule has 1 saturated heterocycles. The quantitative estimate of drug-likeness (QED) is 0.714. The number of carbonyl (C=O) groups is 1. The monoisotopic (exact) mass is 386 g/mol. The zero-order valence-corrected chi connectivity index (χ0v) is 15.5. The third-order valence-corrected chi connectivity index (χ3v) is 4.97. The van der Waals surface area contributed by atoms with Crippen LogP contribution in [0.2, 0.25) is 5.02 Å². The first-order valence-corrected chi connectivity index (χ1v) is 8.92. The van der Waals surface area contributed by atoms with Crippen LogP contribution in [0, 0.1) is 0 Å². The fourth-order valence-corrected chi connectivity index (χ4v) is 3.36. The van der Waals surface area contributed by atoms with Gasteiger partial charge in [0.1, 0.15) is 6.26 Å². The van der Waals surface area contributed by atoms with E-state index in [9.17, 15) is 4.79 Å². The number of hydrogen-bond acceptors (Lipinski definition) is 6. The van der Waals surface area contributed by atoms with Gasteiger partial charge in [0, 0.05) is 18.3 Å². The first kappa shape index (κ1) is 17.6. The maximum atomic E-state index is 12.3. The summed E-state index contributed by atoms with van der Waals surface area (Å²) in [6.07, 6.45) is 6.13. The number of benzene rings is 1. The number of amides is 1. The van der Waals surface area contributed by atoms with Crippen molar-refractivity contribution >= 4 is 29.2 Å². The van der Waals surface area contributed by atoms with E-state index in [4.69, 9.17) is 21.8 Å². The molecule has 1 fully saturated rings. The van der Waals surface area contributed by atoms with Crippen molar-refractivity contribution in [3.05, 3.63) is 47.6 Å². The summed E-state index contributed by atoms with van der Waals surface area (Å²) in [5.41, 5.74) is 7.85. The minimum Gasteiger partial charge on any atom is -0.431 e. The van der Waals surface area contributed by atoms with E-state index < -0.39 is 5.91 Å². The number of oxazole rings is 1. The third-order valence-electron chi connectivity index (χ3n) is 4.64. The summed E-state index contributed by atoms with van der Waals surface area (Å²) in [5, 5.41) is 7.67. The van der Waals surface area contributed by atoms with Crippen LogP contribution in [0.3, 0.4) is 0 Å². The maximum absolute atomic E-state index is 12.3. The minimum atomic E-state index is -0.445. The lowest BCUT2D eigenvalue weighted by Gasteiger charge is -2.10. The Labute approximate surface area is 160 Å². The van der Waals surface area contributed by atoms with Crippen LogP contribution in [0.4, 0.5) is 11.7 Å². The summed E-state index contributed by atoms with van der Waals surface area (Å²) in [5.74, 6) is -0.445. The number of nitrogen functional groups attached to an aromatic ring is 1. The van der Waals surface area contributed by atoms with Crippen LogP contribution in [0.15, 0.2) is 41.3 Å². The van der Waals surface area contributed by atoms with E-state index in [-0.39, 0.29) is 11.7 Å². The molecule has 27 heavy (non-hydrogen) atoms. The van der Waals surface area contributed by atoms with Gasteiger partial charge >= 0.3 is 0 Å². The summed E-state index contributed by atoms with van der Waals surface area (Å²) in [6.45, 7) is 2.06.